The van der Waals surface area contributed by atoms with E-state index in [1.807, 2.05) is 12.1 Å². The molecule has 33 heavy (non-hydrogen) atoms. The number of hydrazone groups is 1. The first kappa shape index (κ1) is 23.8. The van der Waals surface area contributed by atoms with E-state index in [1.165, 1.54) is 37.3 Å². The molecule has 0 fully saturated rings. The maximum Gasteiger partial charge on any atom is 0.343 e. The summed E-state index contributed by atoms with van der Waals surface area (Å²) in [6.07, 6.45) is 5.95. The molecule has 1 aliphatic rings. The van der Waals surface area contributed by atoms with E-state index in [2.05, 4.69) is 26.6 Å². The quantitative estimate of drug-likeness (QED) is 0.322. The molecule has 0 spiro atoms. The first-order valence-corrected chi connectivity index (χ1v) is 10.7. The number of carbonyl (C=O) groups excluding carboxylic acids is 3. The maximum atomic E-state index is 12.0. The molecule has 2 amide bonds. The number of ether oxygens (including phenoxy) is 3. The number of methoxy groups -OCH3 is 1. The minimum Gasteiger partial charge on any atom is -0.484 e. The van der Waals surface area contributed by atoms with Gasteiger partial charge >= 0.3 is 5.97 Å². The van der Waals surface area contributed by atoms with Crippen LogP contribution in [0.3, 0.4) is 0 Å². The molecular formula is C24H27N3O6. The zero-order valence-electron chi connectivity index (χ0n) is 18.5. The van der Waals surface area contributed by atoms with Crippen molar-refractivity contribution in [1.82, 2.24) is 10.7 Å². The van der Waals surface area contributed by atoms with Crippen LogP contribution in [-0.4, -0.2) is 50.9 Å². The van der Waals surface area contributed by atoms with E-state index in [9.17, 15) is 14.4 Å². The molecule has 0 aliphatic heterocycles. The van der Waals surface area contributed by atoms with Crippen molar-refractivity contribution in [3.63, 3.8) is 0 Å². The molecule has 2 aromatic rings. The lowest BCUT2D eigenvalue weighted by atomic mass is 9.92. The normalized spacial score (nSPS) is 12.5. The van der Waals surface area contributed by atoms with Gasteiger partial charge in [0.05, 0.1) is 19.9 Å². The van der Waals surface area contributed by atoms with Crippen LogP contribution in [0.4, 0.5) is 0 Å². The standard InChI is InChI=1S/C24H27N3O6/c1-31-24(30)16-33-20-9-6-17(7-10-20)13-26-27-22(28)14-25-23(29)15-32-21-11-8-18-4-2-3-5-19(18)12-21/h6-13H,2-5,14-16H2,1H3,(H,25,29)(H,27,28)/b26-13-. The summed E-state index contributed by atoms with van der Waals surface area (Å²) in [6, 6.07) is 12.7. The van der Waals surface area contributed by atoms with Crippen LogP contribution in [0.1, 0.15) is 29.5 Å². The van der Waals surface area contributed by atoms with Crippen molar-refractivity contribution < 1.29 is 28.6 Å². The Balaban J connectivity index is 1.34. The summed E-state index contributed by atoms with van der Waals surface area (Å²) in [7, 11) is 1.29. The van der Waals surface area contributed by atoms with Gasteiger partial charge in [-0.15, -0.1) is 0 Å². The Bertz CT molecular complexity index is 1000. The van der Waals surface area contributed by atoms with Gasteiger partial charge in [0.1, 0.15) is 11.5 Å². The van der Waals surface area contributed by atoms with Crippen LogP contribution in [0.5, 0.6) is 11.5 Å². The van der Waals surface area contributed by atoms with E-state index in [0.29, 0.717) is 17.1 Å². The third kappa shape index (κ3) is 7.95. The van der Waals surface area contributed by atoms with Gasteiger partial charge < -0.3 is 19.5 Å². The maximum absolute atomic E-state index is 12.0. The number of amides is 2. The fraction of sp³-hybridized carbons (Fsp3) is 0.333. The molecule has 0 unspecified atom stereocenters. The summed E-state index contributed by atoms with van der Waals surface area (Å²) in [6.45, 7) is -0.562. The van der Waals surface area contributed by atoms with Crippen molar-refractivity contribution in [2.45, 2.75) is 25.7 Å². The van der Waals surface area contributed by atoms with Gasteiger partial charge in [0, 0.05) is 0 Å². The number of hydrogen-bond acceptors (Lipinski definition) is 7. The summed E-state index contributed by atoms with van der Waals surface area (Å²) >= 11 is 0. The average molecular weight is 453 g/mol. The smallest absolute Gasteiger partial charge is 0.343 e. The lowest BCUT2D eigenvalue weighted by molar-refractivity contribution is -0.142. The van der Waals surface area contributed by atoms with Gasteiger partial charge in [0.25, 0.3) is 11.8 Å². The minimum atomic E-state index is -0.472. The molecule has 0 saturated carbocycles. The van der Waals surface area contributed by atoms with E-state index in [4.69, 9.17) is 9.47 Å². The fourth-order valence-electron chi connectivity index (χ4n) is 3.25. The number of nitrogens with zero attached hydrogens (tertiary/aromatic N) is 1. The van der Waals surface area contributed by atoms with Crippen molar-refractivity contribution in [3.8, 4) is 11.5 Å². The number of nitrogens with one attached hydrogen (secondary N) is 2. The monoisotopic (exact) mass is 453 g/mol. The number of benzene rings is 2. The van der Waals surface area contributed by atoms with Gasteiger partial charge in [-0.1, -0.05) is 6.07 Å². The van der Waals surface area contributed by atoms with E-state index >= 15 is 0 Å². The van der Waals surface area contributed by atoms with Crippen LogP contribution in [0.2, 0.25) is 0 Å². The Morgan fingerprint density at radius 2 is 1.61 bits per heavy atom. The van der Waals surface area contributed by atoms with Gasteiger partial charge in [0.15, 0.2) is 13.2 Å². The molecule has 1 aliphatic carbocycles. The second kappa shape index (κ2) is 12.2. The zero-order valence-corrected chi connectivity index (χ0v) is 18.5. The lowest BCUT2D eigenvalue weighted by Crippen LogP contribution is -2.37. The van der Waals surface area contributed by atoms with Crippen molar-refractivity contribution in [1.29, 1.82) is 0 Å². The molecule has 9 nitrogen and oxygen atoms in total. The molecule has 0 atom stereocenters. The number of carbonyl (C=O) groups is 3. The van der Waals surface area contributed by atoms with Crippen molar-refractivity contribution in [2.75, 3.05) is 26.9 Å². The van der Waals surface area contributed by atoms with Crippen molar-refractivity contribution >= 4 is 24.0 Å². The molecule has 2 N–H and O–H groups in total. The number of rotatable bonds is 10. The molecule has 9 heteroatoms. The number of aryl methyl sites for hydroxylation is 2. The Morgan fingerprint density at radius 1 is 0.909 bits per heavy atom. The third-order valence-corrected chi connectivity index (χ3v) is 5.00. The highest BCUT2D eigenvalue weighted by Crippen LogP contribution is 2.25. The van der Waals surface area contributed by atoms with Gasteiger partial charge in [-0.2, -0.15) is 5.10 Å². The summed E-state index contributed by atoms with van der Waals surface area (Å²) in [4.78, 5) is 34.9. The second-order valence-corrected chi connectivity index (χ2v) is 7.43. The number of fused-ring (bicyclic) bond motifs is 1. The first-order valence-electron chi connectivity index (χ1n) is 10.7. The highest BCUT2D eigenvalue weighted by molar-refractivity contribution is 5.86. The van der Waals surface area contributed by atoms with Crippen LogP contribution in [-0.2, 0) is 32.0 Å². The molecule has 0 bridgehead atoms. The molecular weight excluding hydrogens is 426 g/mol. The summed E-state index contributed by atoms with van der Waals surface area (Å²) in [5.41, 5.74) is 5.67. The first-order chi connectivity index (χ1) is 16.0. The number of esters is 1. The van der Waals surface area contributed by atoms with Crippen LogP contribution in [0, 0.1) is 0 Å². The largest absolute Gasteiger partial charge is 0.484 e. The van der Waals surface area contributed by atoms with Gasteiger partial charge in [-0.25, -0.2) is 10.2 Å². The molecule has 0 aromatic heterocycles. The van der Waals surface area contributed by atoms with E-state index in [-0.39, 0.29) is 19.8 Å². The van der Waals surface area contributed by atoms with Gasteiger partial charge in [-0.05, 0) is 78.8 Å². The second-order valence-electron chi connectivity index (χ2n) is 7.43. The van der Waals surface area contributed by atoms with Crippen LogP contribution < -0.4 is 20.2 Å². The third-order valence-electron chi connectivity index (χ3n) is 5.00. The van der Waals surface area contributed by atoms with E-state index in [1.54, 1.807) is 24.3 Å². The van der Waals surface area contributed by atoms with Gasteiger partial charge in [-0.3, -0.25) is 9.59 Å². The fourth-order valence-corrected chi connectivity index (χ4v) is 3.25. The molecule has 0 saturated heterocycles. The van der Waals surface area contributed by atoms with Crippen LogP contribution >= 0.6 is 0 Å². The van der Waals surface area contributed by atoms with Gasteiger partial charge in [0.2, 0.25) is 0 Å². The molecule has 0 heterocycles. The highest BCUT2D eigenvalue weighted by Gasteiger charge is 2.11. The topological polar surface area (TPSA) is 115 Å². The SMILES string of the molecule is COC(=O)COc1ccc(/C=N\NC(=O)CNC(=O)COc2ccc3c(c2)CCCC3)cc1. The zero-order chi connectivity index (χ0) is 23.5. The van der Waals surface area contributed by atoms with Crippen LogP contribution in [0.15, 0.2) is 47.6 Å². The molecule has 0 radical (unpaired) electrons. The summed E-state index contributed by atoms with van der Waals surface area (Å²) in [5, 5.41) is 6.34. The summed E-state index contributed by atoms with van der Waals surface area (Å²) < 4.78 is 15.3. The molecule has 174 valence electrons. The Labute approximate surface area is 192 Å². The Morgan fingerprint density at radius 3 is 2.36 bits per heavy atom. The Hall–Kier alpha value is -3.88. The van der Waals surface area contributed by atoms with E-state index in [0.717, 1.165) is 12.8 Å². The van der Waals surface area contributed by atoms with Crippen molar-refractivity contribution in [3.05, 3.63) is 59.2 Å². The predicted molar refractivity (Wildman–Crippen MR) is 121 cm³/mol. The lowest BCUT2D eigenvalue weighted by Gasteiger charge is -2.16. The van der Waals surface area contributed by atoms with Crippen molar-refractivity contribution in [2.24, 2.45) is 5.10 Å². The van der Waals surface area contributed by atoms with Crippen LogP contribution in [0.25, 0.3) is 0 Å². The summed E-state index contributed by atoms with van der Waals surface area (Å²) in [5.74, 6) is -0.176. The molecule has 2 aromatic carbocycles. The number of hydrogen-bond donors (Lipinski definition) is 2. The predicted octanol–water partition coefficient (Wildman–Crippen LogP) is 1.76. The van der Waals surface area contributed by atoms with E-state index < -0.39 is 17.8 Å². The highest BCUT2D eigenvalue weighted by atomic mass is 16.6. The molecule has 3 rings (SSSR count). The Kier molecular flexibility index (Phi) is 8.81. The minimum absolute atomic E-state index is 0.167. The average Bonchev–Trinajstić information content (AvgIpc) is 2.85.